The van der Waals surface area contributed by atoms with Crippen molar-refractivity contribution in [1.29, 1.82) is 0 Å². The molecule has 0 aromatic heterocycles. The molecule has 0 fully saturated rings. The zero-order chi connectivity index (χ0) is 22.0. The van der Waals surface area contributed by atoms with E-state index >= 15 is 0 Å². The Hall–Kier alpha value is -0.990. The summed E-state index contributed by atoms with van der Waals surface area (Å²) in [4.78, 5) is 0. The minimum absolute atomic E-state index is 0.0804. The van der Waals surface area contributed by atoms with Gasteiger partial charge in [0, 0.05) is 0 Å². The number of rotatable bonds is 13. The Labute approximate surface area is 173 Å². The van der Waals surface area contributed by atoms with Crippen molar-refractivity contribution in [2.75, 3.05) is 0 Å². The third kappa shape index (κ3) is 17.1. The first-order valence-corrected chi connectivity index (χ1v) is 11.3. The molecule has 0 N–H and O–H groups in total. The van der Waals surface area contributed by atoms with E-state index in [2.05, 4.69) is 20.4 Å². The van der Waals surface area contributed by atoms with Crippen molar-refractivity contribution in [3.63, 3.8) is 0 Å². The Morgan fingerprint density at radius 3 is 1.61 bits per heavy atom. The summed E-state index contributed by atoms with van der Waals surface area (Å²) in [5.41, 5.74) is 0.151. The molecule has 0 heterocycles. The van der Waals surface area contributed by atoms with Crippen molar-refractivity contribution < 1.29 is 13.2 Å². The fourth-order valence-corrected chi connectivity index (χ4v) is 2.50. The van der Waals surface area contributed by atoms with Gasteiger partial charge in [-0.2, -0.15) is 13.2 Å². The van der Waals surface area contributed by atoms with E-state index in [1.54, 1.807) is 6.92 Å². The van der Waals surface area contributed by atoms with Crippen LogP contribution in [0.25, 0.3) is 0 Å². The third-order valence-corrected chi connectivity index (χ3v) is 5.11. The molecule has 0 spiro atoms. The average molecular weight is 403 g/mol. The second-order valence-electron chi connectivity index (χ2n) is 7.84. The Morgan fingerprint density at radius 1 is 0.786 bits per heavy atom. The van der Waals surface area contributed by atoms with Crippen molar-refractivity contribution in [2.45, 2.75) is 112 Å². The molecule has 166 valence electrons. The van der Waals surface area contributed by atoms with Crippen molar-refractivity contribution in [2.24, 2.45) is 11.8 Å². The van der Waals surface area contributed by atoms with Crippen LogP contribution in [0.1, 0.15) is 106 Å². The van der Waals surface area contributed by atoms with Gasteiger partial charge in [-0.05, 0) is 18.3 Å². The lowest BCUT2D eigenvalue weighted by Gasteiger charge is -2.12. The molecule has 0 amide bonds. The standard InChI is InChI=1S/C15H23F3.C10H22/c1-6-11(3)10-14(15(16,17)18)9-8-13(5)12(4)7-2;1-3-5-7-9-10-8-6-4-2/h8-12H,5-7H2,1-4H3;3-10H2,1-2H3/b9-8-,14-10+;. The van der Waals surface area contributed by atoms with Crippen LogP contribution < -0.4 is 0 Å². The lowest BCUT2D eigenvalue weighted by atomic mass is 9.98. The van der Waals surface area contributed by atoms with Gasteiger partial charge in [0.25, 0.3) is 0 Å². The molecule has 3 heteroatoms. The number of allylic oxidation sites excluding steroid dienone is 5. The largest absolute Gasteiger partial charge is 0.416 e. The quantitative estimate of drug-likeness (QED) is 0.212. The minimum atomic E-state index is -4.30. The zero-order valence-electron chi connectivity index (χ0n) is 19.3. The molecule has 0 radical (unpaired) electrons. The van der Waals surface area contributed by atoms with Gasteiger partial charge < -0.3 is 0 Å². The maximum Gasteiger partial charge on any atom is 0.416 e. The Bertz CT molecular complexity index is 422. The van der Waals surface area contributed by atoms with E-state index in [4.69, 9.17) is 0 Å². The van der Waals surface area contributed by atoms with E-state index in [0.29, 0.717) is 6.42 Å². The minimum Gasteiger partial charge on any atom is -0.166 e. The molecular weight excluding hydrogens is 357 g/mol. The van der Waals surface area contributed by atoms with Gasteiger partial charge in [-0.1, -0.05) is 130 Å². The van der Waals surface area contributed by atoms with E-state index in [9.17, 15) is 13.2 Å². The van der Waals surface area contributed by atoms with Crippen molar-refractivity contribution >= 4 is 0 Å². The fourth-order valence-electron chi connectivity index (χ4n) is 2.50. The zero-order valence-corrected chi connectivity index (χ0v) is 19.3. The van der Waals surface area contributed by atoms with Crippen LogP contribution in [0, 0.1) is 11.8 Å². The van der Waals surface area contributed by atoms with Gasteiger partial charge in [0.1, 0.15) is 0 Å². The van der Waals surface area contributed by atoms with Crippen molar-refractivity contribution in [1.82, 2.24) is 0 Å². The number of hydrogen-bond donors (Lipinski definition) is 0. The molecule has 0 aliphatic rings. The first-order chi connectivity index (χ1) is 13.1. The molecule has 0 aromatic rings. The van der Waals surface area contributed by atoms with Crippen LogP contribution in [0.3, 0.4) is 0 Å². The predicted molar refractivity (Wildman–Crippen MR) is 120 cm³/mol. The highest BCUT2D eigenvalue weighted by Gasteiger charge is 2.31. The highest BCUT2D eigenvalue weighted by Crippen LogP contribution is 2.29. The highest BCUT2D eigenvalue weighted by atomic mass is 19.4. The number of hydrogen-bond acceptors (Lipinski definition) is 0. The normalized spacial score (nSPS) is 14.5. The summed E-state index contributed by atoms with van der Waals surface area (Å²) in [5, 5.41) is 0. The van der Waals surface area contributed by atoms with Gasteiger partial charge in [0.2, 0.25) is 0 Å². The van der Waals surface area contributed by atoms with Crippen LogP contribution in [-0.4, -0.2) is 6.18 Å². The van der Waals surface area contributed by atoms with Gasteiger partial charge in [-0.25, -0.2) is 0 Å². The number of halogens is 3. The van der Waals surface area contributed by atoms with Gasteiger partial charge >= 0.3 is 6.18 Å². The van der Waals surface area contributed by atoms with E-state index in [0.717, 1.165) is 18.1 Å². The molecule has 0 nitrogen and oxygen atoms in total. The molecule has 0 aliphatic heterocycles. The SMILES string of the molecule is C=C(/C=C\C(=C/C(C)CC)C(F)(F)F)C(C)CC.CCCCCCCCCC. The first-order valence-electron chi connectivity index (χ1n) is 11.3. The Balaban J connectivity index is 0. The van der Waals surface area contributed by atoms with Gasteiger partial charge in [0.15, 0.2) is 0 Å². The maximum atomic E-state index is 12.8. The van der Waals surface area contributed by atoms with E-state index < -0.39 is 11.7 Å². The molecule has 2 unspecified atom stereocenters. The van der Waals surface area contributed by atoms with Crippen LogP contribution in [0.15, 0.2) is 36.0 Å². The second kappa shape index (κ2) is 18.1. The summed E-state index contributed by atoms with van der Waals surface area (Å²) in [6.45, 7) is 15.9. The average Bonchev–Trinajstić information content (AvgIpc) is 2.66. The fraction of sp³-hybridized carbons (Fsp3) is 0.760. The smallest absolute Gasteiger partial charge is 0.166 e. The van der Waals surface area contributed by atoms with Crippen LogP contribution in [-0.2, 0) is 0 Å². The number of alkyl halides is 3. The second-order valence-corrected chi connectivity index (χ2v) is 7.84. The summed E-state index contributed by atoms with van der Waals surface area (Å²) in [6.07, 6.45) is 12.6. The lowest BCUT2D eigenvalue weighted by molar-refractivity contribution is -0.0886. The molecule has 28 heavy (non-hydrogen) atoms. The summed E-state index contributed by atoms with van der Waals surface area (Å²) < 4.78 is 38.4. The Kier molecular flexibility index (Phi) is 18.8. The van der Waals surface area contributed by atoms with E-state index in [-0.39, 0.29) is 11.8 Å². The van der Waals surface area contributed by atoms with E-state index in [1.165, 1.54) is 63.5 Å². The maximum absolute atomic E-state index is 12.8. The van der Waals surface area contributed by atoms with Gasteiger partial charge in [-0.15, -0.1) is 0 Å². The Morgan fingerprint density at radius 2 is 1.25 bits per heavy atom. The molecule has 0 rings (SSSR count). The predicted octanol–water partition coefficient (Wildman–Crippen LogP) is 9.83. The third-order valence-electron chi connectivity index (χ3n) is 5.11. The molecule has 2 atom stereocenters. The summed E-state index contributed by atoms with van der Waals surface area (Å²) in [7, 11) is 0. The van der Waals surface area contributed by atoms with Crippen LogP contribution in [0.4, 0.5) is 13.2 Å². The summed E-state index contributed by atoms with van der Waals surface area (Å²) in [6, 6.07) is 0. The van der Waals surface area contributed by atoms with Crippen LogP contribution in [0.5, 0.6) is 0 Å². The molecule has 0 aliphatic carbocycles. The van der Waals surface area contributed by atoms with Gasteiger partial charge in [0.05, 0.1) is 5.57 Å². The van der Waals surface area contributed by atoms with Crippen LogP contribution >= 0.6 is 0 Å². The topological polar surface area (TPSA) is 0 Å². The van der Waals surface area contributed by atoms with Crippen molar-refractivity contribution in [3.8, 4) is 0 Å². The molecule has 0 saturated heterocycles. The van der Waals surface area contributed by atoms with E-state index in [1.807, 2.05) is 20.8 Å². The summed E-state index contributed by atoms with van der Waals surface area (Å²) >= 11 is 0. The van der Waals surface area contributed by atoms with Crippen LogP contribution in [0.2, 0.25) is 0 Å². The lowest BCUT2D eigenvalue weighted by Crippen LogP contribution is -2.11. The first kappa shape index (κ1) is 29.2. The molecule has 0 saturated carbocycles. The monoisotopic (exact) mass is 402 g/mol. The molecule has 0 bridgehead atoms. The number of unbranched alkanes of at least 4 members (excludes halogenated alkanes) is 7. The summed E-state index contributed by atoms with van der Waals surface area (Å²) in [5.74, 6) is 0.127. The molecule has 0 aromatic carbocycles. The highest BCUT2D eigenvalue weighted by molar-refractivity contribution is 5.30. The van der Waals surface area contributed by atoms with Gasteiger partial charge in [-0.3, -0.25) is 0 Å². The molecular formula is C25H45F3. The van der Waals surface area contributed by atoms with Crippen molar-refractivity contribution in [3.05, 3.63) is 36.0 Å².